The highest BCUT2D eigenvalue weighted by atomic mass is 32.1. The molecular weight excluding hydrogens is 398 g/mol. The molecule has 3 N–H and O–H groups in total. The van der Waals surface area contributed by atoms with Crippen LogP contribution in [0.3, 0.4) is 0 Å². The number of thiocarbonyl (C=S) groups is 1. The molecule has 0 bridgehead atoms. The van der Waals surface area contributed by atoms with E-state index in [9.17, 15) is 4.79 Å². The van der Waals surface area contributed by atoms with Crippen LogP contribution in [0.15, 0.2) is 54.9 Å². The van der Waals surface area contributed by atoms with Crippen molar-refractivity contribution in [2.75, 3.05) is 0 Å². The summed E-state index contributed by atoms with van der Waals surface area (Å²) < 4.78 is 1.61. The molecule has 30 heavy (non-hydrogen) atoms. The van der Waals surface area contributed by atoms with Gasteiger partial charge in [0.2, 0.25) is 5.82 Å². The number of amides is 1. The van der Waals surface area contributed by atoms with Crippen molar-refractivity contribution in [2.45, 2.75) is 38.1 Å². The molecule has 9 heteroatoms. The average molecular weight is 422 g/mol. The summed E-state index contributed by atoms with van der Waals surface area (Å²) >= 11 is 5.30. The molecule has 0 radical (unpaired) electrons. The monoisotopic (exact) mass is 421 g/mol. The third-order valence-electron chi connectivity index (χ3n) is 4.96. The molecule has 0 unspecified atom stereocenters. The summed E-state index contributed by atoms with van der Waals surface area (Å²) in [4.78, 5) is 21.3. The topological polar surface area (TPSA) is 96.8 Å². The van der Waals surface area contributed by atoms with Crippen LogP contribution in [0.5, 0.6) is 0 Å². The second-order valence-corrected chi connectivity index (χ2v) is 7.54. The largest absolute Gasteiger partial charge is 0.359 e. The lowest BCUT2D eigenvalue weighted by molar-refractivity contribution is 0.0933. The molecule has 3 aromatic rings. The summed E-state index contributed by atoms with van der Waals surface area (Å²) in [6.45, 7) is 0. The number of benzene rings is 1. The van der Waals surface area contributed by atoms with Crippen LogP contribution in [0.1, 0.15) is 42.7 Å². The molecule has 0 aliphatic heterocycles. The highest BCUT2D eigenvalue weighted by Gasteiger charge is 2.19. The molecule has 1 saturated carbocycles. The van der Waals surface area contributed by atoms with Crippen molar-refractivity contribution < 1.29 is 4.79 Å². The maximum absolute atomic E-state index is 12.7. The first kappa shape index (κ1) is 20.0. The number of nitrogens with zero attached hydrogens (tertiary/aromatic N) is 4. The maximum Gasteiger partial charge on any atom is 0.309 e. The zero-order chi connectivity index (χ0) is 20.8. The van der Waals surface area contributed by atoms with E-state index in [-0.39, 0.29) is 5.82 Å². The summed E-state index contributed by atoms with van der Waals surface area (Å²) in [5.74, 6) is 0.116. The van der Waals surface area contributed by atoms with Crippen molar-refractivity contribution in [3.8, 4) is 17.1 Å². The fourth-order valence-electron chi connectivity index (χ4n) is 3.48. The van der Waals surface area contributed by atoms with Gasteiger partial charge in [-0.05, 0) is 37.2 Å². The van der Waals surface area contributed by atoms with E-state index in [4.69, 9.17) is 12.2 Å². The smallest absolute Gasteiger partial charge is 0.309 e. The summed E-state index contributed by atoms with van der Waals surface area (Å²) in [7, 11) is 0. The van der Waals surface area contributed by atoms with E-state index in [1.165, 1.54) is 19.3 Å². The van der Waals surface area contributed by atoms with E-state index in [1.807, 2.05) is 42.5 Å². The van der Waals surface area contributed by atoms with E-state index < -0.39 is 5.91 Å². The van der Waals surface area contributed by atoms with Gasteiger partial charge in [0.05, 0.1) is 11.9 Å². The molecule has 1 amide bonds. The van der Waals surface area contributed by atoms with Crippen molar-refractivity contribution in [1.82, 2.24) is 35.9 Å². The molecule has 4 rings (SSSR count). The molecule has 1 aromatic carbocycles. The summed E-state index contributed by atoms with van der Waals surface area (Å²) in [5.41, 5.74) is 6.90. The number of carbonyl (C=O) groups is 1. The molecule has 154 valence electrons. The van der Waals surface area contributed by atoms with E-state index in [2.05, 4.69) is 31.2 Å². The molecule has 2 aromatic heterocycles. The Kier molecular flexibility index (Phi) is 6.29. The standard InChI is InChI=1S/C21H23N7OS/c29-20(25-26-21(30)23-16-10-5-2-6-11-16)18-24-19(15-8-3-1-4-9-15)28(27-18)17-12-7-13-22-14-17/h1,3-4,7-9,12-14,16H,2,5-6,10-11H2,(H,25,29)(H2,23,26,30). The second kappa shape index (κ2) is 9.45. The van der Waals surface area contributed by atoms with Crippen LogP contribution in [0.4, 0.5) is 0 Å². The Hall–Kier alpha value is -3.33. The van der Waals surface area contributed by atoms with Crippen LogP contribution < -0.4 is 16.2 Å². The van der Waals surface area contributed by atoms with Crippen molar-refractivity contribution in [1.29, 1.82) is 0 Å². The molecular formula is C21H23N7OS. The van der Waals surface area contributed by atoms with Gasteiger partial charge in [0.25, 0.3) is 0 Å². The van der Waals surface area contributed by atoms with Crippen LogP contribution in [-0.2, 0) is 0 Å². The normalized spacial score (nSPS) is 14.1. The van der Waals surface area contributed by atoms with Crippen LogP contribution in [0.25, 0.3) is 17.1 Å². The highest BCUT2D eigenvalue weighted by molar-refractivity contribution is 7.80. The van der Waals surface area contributed by atoms with Gasteiger partial charge in [-0.3, -0.25) is 20.6 Å². The summed E-state index contributed by atoms with van der Waals surface area (Å²) in [6.07, 6.45) is 9.20. The fraction of sp³-hybridized carbons (Fsp3) is 0.286. The Morgan fingerprint density at radius 2 is 1.83 bits per heavy atom. The third-order valence-corrected chi connectivity index (χ3v) is 5.18. The highest BCUT2D eigenvalue weighted by Crippen LogP contribution is 2.20. The van der Waals surface area contributed by atoms with Crippen LogP contribution in [0, 0.1) is 0 Å². The van der Waals surface area contributed by atoms with Crippen molar-refractivity contribution in [3.05, 3.63) is 60.7 Å². The van der Waals surface area contributed by atoms with Gasteiger partial charge in [0, 0.05) is 17.8 Å². The lowest BCUT2D eigenvalue weighted by atomic mass is 9.96. The molecule has 1 aliphatic carbocycles. The van der Waals surface area contributed by atoms with Crippen LogP contribution in [-0.4, -0.2) is 36.8 Å². The number of rotatable bonds is 4. The predicted octanol–water partition coefficient (Wildman–Crippen LogP) is 2.77. The molecule has 0 atom stereocenters. The molecule has 8 nitrogen and oxygen atoms in total. The number of hydrogen-bond donors (Lipinski definition) is 3. The Morgan fingerprint density at radius 1 is 1.03 bits per heavy atom. The SMILES string of the molecule is O=C(NNC(=S)NC1CCCCC1)c1nc(-c2ccccc2)n(-c2cccnc2)n1. The van der Waals surface area contributed by atoms with E-state index in [0.717, 1.165) is 18.4 Å². The lowest BCUT2D eigenvalue weighted by Gasteiger charge is -2.24. The zero-order valence-corrected chi connectivity index (χ0v) is 17.2. The number of hydrazine groups is 1. The van der Waals surface area contributed by atoms with Gasteiger partial charge >= 0.3 is 5.91 Å². The van der Waals surface area contributed by atoms with Crippen molar-refractivity contribution in [2.24, 2.45) is 0 Å². The van der Waals surface area contributed by atoms with Gasteiger partial charge in [-0.2, -0.15) is 0 Å². The zero-order valence-electron chi connectivity index (χ0n) is 16.4. The second-order valence-electron chi connectivity index (χ2n) is 7.14. The molecule has 0 spiro atoms. The Balaban J connectivity index is 1.49. The van der Waals surface area contributed by atoms with Gasteiger partial charge in [-0.25, -0.2) is 9.67 Å². The lowest BCUT2D eigenvalue weighted by Crippen LogP contribution is -2.50. The average Bonchev–Trinajstić information content (AvgIpc) is 3.25. The van der Waals surface area contributed by atoms with Gasteiger partial charge in [-0.15, -0.1) is 5.10 Å². The van der Waals surface area contributed by atoms with Crippen LogP contribution in [0.2, 0.25) is 0 Å². The minimum Gasteiger partial charge on any atom is -0.359 e. The molecule has 1 fully saturated rings. The predicted molar refractivity (Wildman–Crippen MR) is 118 cm³/mol. The Bertz CT molecular complexity index is 944. The Labute approximate surface area is 180 Å². The minimum absolute atomic E-state index is 0.0330. The summed E-state index contributed by atoms with van der Waals surface area (Å²) in [5, 5.41) is 8.04. The van der Waals surface area contributed by atoms with Gasteiger partial charge in [0.1, 0.15) is 0 Å². The van der Waals surface area contributed by atoms with Gasteiger partial charge < -0.3 is 5.32 Å². The van der Waals surface area contributed by atoms with Gasteiger partial charge in [-0.1, -0.05) is 49.6 Å². The maximum atomic E-state index is 12.7. The third kappa shape index (κ3) is 4.80. The fourth-order valence-corrected chi connectivity index (χ4v) is 3.70. The molecule has 2 heterocycles. The number of nitrogens with one attached hydrogen (secondary N) is 3. The molecule has 1 aliphatic rings. The molecule has 0 saturated heterocycles. The van der Waals surface area contributed by atoms with E-state index >= 15 is 0 Å². The first-order chi connectivity index (χ1) is 14.7. The number of pyridine rings is 1. The van der Waals surface area contributed by atoms with Crippen LogP contribution >= 0.6 is 12.2 Å². The van der Waals surface area contributed by atoms with E-state index in [0.29, 0.717) is 22.7 Å². The number of aromatic nitrogens is 4. The minimum atomic E-state index is -0.470. The Morgan fingerprint density at radius 3 is 2.57 bits per heavy atom. The van der Waals surface area contributed by atoms with E-state index in [1.54, 1.807) is 17.1 Å². The first-order valence-electron chi connectivity index (χ1n) is 10.0. The van der Waals surface area contributed by atoms with Crippen molar-refractivity contribution >= 4 is 23.2 Å². The quantitative estimate of drug-likeness (QED) is 0.440. The number of carbonyl (C=O) groups excluding carboxylic acids is 1. The summed E-state index contributed by atoms with van der Waals surface area (Å²) in [6, 6.07) is 13.6. The first-order valence-corrected chi connectivity index (χ1v) is 10.4. The van der Waals surface area contributed by atoms with Crippen molar-refractivity contribution in [3.63, 3.8) is 0 Å². The van der Waals surface area contributed by atoms with Gasteiger partial charge in [0.15, 0.2) is 10.9 Å². The number of hydrogen-bond acceptors (Lipinski definition) is 5.